The van der Waals surface area contributed by atoms with Gasteiger partial charge >= 0.3 is 18.0 Å². The SMILES string of the molecule is CCOC(=O)[C@@H](C)N(Cc1ccccc1)C(=O)[C@H](CC(=O)O)NC(=O)OCc1ccccc1. The van der Waals surface area contributed by atoms with Crippen LogP contribution in [0.4, 0.5) is 4.79 Å². The number of esters is 1. The van der Waals surface area contributed by atoms with Crippen LogP contribution in [0.2, 0.25) is 0 Å². The Morgan fingerprint density at radius 1 is 0.939 bits per heavy atom. The van der Waals surface area contributed by atoms with Gasteiger partial charge in [-0.2, -0.15) is 0 Å². The molecule has 0 aromatic heterocycles. The van der Waals surface area contributed by atoms with Gasteiger partial charge < -0.3 is 24.8 Å². The first-order chi connectivity index (χ1) is 15.8. The first-order valence-corrected chi connectivity index (χ1v) is 10.5. The Hall–Kier alpha value is -3.88. The van der Waals surface area contributed by atoms with Crippen molar-refractivity contribution in [3.63, 3.8) is 0 Å². The van der Waals surface area contributed by atoms with Gasteiger partial charge in [0.25, 0.3) is 0 Å². The largest absolute Gasteiger partial charge is 0.481 e. The van der Waals surface area contributed by atoms with Crippen LogP contribution in [-0.2, 0) is 37.0 Å². The molecule has 0 fully saturated rings. The molecule has 33 heavy (non-hydrogen) atoms. The predicted octanol–water partition coefficient (Wildman–Crippen LogP) is 2.74. The van der Waals surface area contributed by atoms with Gasteiger partial charge in [-0.25, -0.2) is 9.59 Å². The molecule has 9 nitrogen and oxygen atoms in total. The van der Waals surface area contributed by atoms with E-state index >= 15 is 0 Å². The number of aliphatic carboxylic acids is 1. The molecule has 0 saturated heterocycles. The molecule has 0 aliphatic rings. The third-order valence-corrected chi connectivity index (χ3v) is 4.76. The second-order valence-corrected chi connectivity index (χ2v) is 7.24. The van der Waals surface area contributed by atoms with Gasteiger partial charge in [-0.15, -0.1) is 0 Å². The summed E-state index contributed by atoms with van der Waals surface area (Å²) in [7, 11) is 0. The lowest BCUT2D eigenvalue weighted by Gasteiger charge is -2.31. The Kier molecular flexibility index (Phi) is 9.88. The molecule has 9 heteroatoms. The number of carboxylic acid groups (broad SMARTS) is 1. The van der Waals surface area contributed by atoms with Crippen molar-refractivity contribution in [1.82, 2.24) is 10.2 Å². The quantitative estimate of drug-likeness (QED) is 0.499. The molecule has 0 aliphatic heterocycles. The van der Waals surface area contributed by atoms with Crippen LogP contribution in [0.15, 0.2) is 60.7 Å². The van der Waals surface area contributed by atoms with Crippen LogP contribution in [-0.4, -0.2) is 52.6 Å². The van der Waals surface area contributed by atoms with Crippen LogP contribution in [0.5, 0.6) is 0 Å². The normalized spacial score (nSPS) is 12.2. The average Bonchev–Trinajstić information content (AvgIpc) is 2.81. The Labute approximate surface area is 192 Å². The smallest absolute Gasteiger partial charge is 0.408 e. The van der Waals surface area contributed by atoms with E-state index in [2.05, 4.69) is 5.32 Å². The Morgan fingerprint density at radius 3 is 2.06 bits per heavy atom. The molecule has 2 rings (SSSR count). The monoisotopic (exact) mass is 456 g/mol. The van der Waals surface area contributed by atoms with Gasteiger partial charge in [-0.1, -0.05) is 60.7 Å². The van der Waals surface area contributed by atoms with Crippen molar-refractivity contribution in [2.75, 3.05) is 6.61 Å². The minimum absolute atomic E-state index is 0.0243. The minimum Gasteiger partial charge on any atom is -0.481 e. The molecule has 0 saturated carbocycles. The van der Waals surface area contributed by atoms with E-state index in [1.807, 2.05) is 12.1 Å². The number of benzene rings is 2. The van der Waals surface area contributed by atoms with Gasteiger partial charge in [0.15, 0.2) is 0 Å². The van der Waals surface area contributed by atoms with Crippen LogP contribution >= 0.6 is 0 Å². The number of rotatable bonds is 11. The highest BCUT2D eigenvalue weighted by molar-refractivity contribution is 5.92. The lowest BCUT2D eigenvalue weighted by Crippen LogP contribution is -2.53. The third-order valence-electron chi connectivity index (χ3n) is 4.76. The molecular weight excluding hydrogens is 428 g/mol. The molecular formula is C24H28N2O7. The van der Waals surface area contributed by atoms with Crippen molar-refractivity contribution in [3.05, 3.63) is 71.8 Å². The van der Waals surface area contributed by atoms with Gasteiger partial charge in [0.1, 0.15) is 18.7 Å². The van der Waals surface area contributed by atoms with Gasteiger partial charge in [0.05, 0.1) is 13.0 Å². The minimum atomic E-state index is -1.44. The molecule has 0 radical (unpaired) electrons. The van der Waals surface area contributed by atoms with Gasteiger partial charge in [0.2, 0.25) is 5.91 Å². The van der Waals surface area contributed by atoms with Crippen LogP contribution < -0.4 is 5.32 Å². The van der Waals surface area contributed by atoms with Crippen LogP contribution in [0.3, 0.4) is 0 Å². The first-order valence-electron chi connectivity index (χ1n) is 10.5. The Morgan fingerprint density at radius 2 is 1.52 bits per heavy atom. The summed E-state index contributed by atoms with van der Waals surface area (Å²) >= 11 is 0. The molecule has 176 valence electrons. The molecule has 0 heterocycles. The summed E-state index contributed by atoms with van der Waals surface area (Å²) in [5.74, 6) is -2.67. The molecule has 2 atom stereocenters. The van der Waals surface area contributed by atoms with Crippen LogP contribution in [0.25, 0.3) is 0 Å². The number of carboxylic acids is 1. The average molecular weight is 456 g/mol. The highest BCUT2D eigenvalue weighted by atomic mass is 16.5. The molecule has 2 aromatic carbocycles. The number of amides is 2. The summed E-state index contributed by atoms with van der Waals surface area (Å²) in [6, 6.07) is 15.4. The van der Waals surface area contributed by atoms with Crippen molar-refractivity contribution in [1.29, 1.82) is 0 Å². The van der Waals surface area contributed by atoms with E-state index in [0.717, 1.165) is 11.1 Å². The summed E-state index contributed by atoms with van der Waals surface area (Å²) in [6.45, 7) is 3.24. The Balaban J connectivity index is 2.19. The standard InChI is InChI=1S/C24H28N2O7/c1-3-32-23(30)17(2)26(15-18-10-6-4-7-11-18)22(29)20(14-21(27)28)25-24(31)33-16-19-12-8-5-9-13-19/h4-13,17,20H,3,14-16H2,1-2H3,(H,25,31)(H,27,28)/t17-,20+/m1/s1. The lowest BCUT2D eigenvalue weighted by molar-refractivity contribution is -0.155. The fourth-order valence-corrected chi connectivity index (χ4v) is 3.06. The Bertz CT molecular complexity index is 934. The highest BCUT2D eigenvalue weighted by Crippen LogP contribution is 2.14. The first kappa shape index (κ1) is 25.4. The van der Waals surface area contributed by atoms with E-state index in [9.17, 15) is 24.3 Å². The number of alkyl carbamates (subject to hydrolysis) is 1. The summed E-state index contributed by atoms with van der Waals surface area (Å²) in [5.41, 5.74) is 1.46. The van der Waals surface area contributed by atoms with Crippen molar-refractivity contribution >= 4 is 23.9 Å². The van der Waals surface area contributed by atoms with Gasteiger partial charge in [0, 0.05) is 6.54 Å². The lowest BCUT2D eigenvalue weighted by atomic mass is 10.1. The summed E-state index contributed by atoms with van der Waals surface area (Å²) in [6.07, 6.45) is -1.62. The number of nitrogens with one attached hydrogen (secondary N) is 1. The molecule has 0 aliphatic carbocycles. The molecule has 2 aromatic rings. The van der Waals surface area contributed by atoms with Crippen molar-refractivity contribution < 1.29 is 33.8 Å². The number of nitrogens with zero attached hydrogens (tertiary/aromatic N) is 1. The number of ether oxygens (including phenoxy) is 2. The third kappa shape index (κ3) is 8.29. The predicted molar refractivity (Wildman–Crippen MR) is 119 cm³/mol. The van der Waals surface area contributed by atoms with Gasteiger partial charge in [-0.05, 0) is 25.0 Å². The van der Waals surface area contributed by atoms with E-state index in [4.69, 9.17) is 9.47 Å². The molecule has 2 N–H and O–H groups in total. The van der Waals surface area contributed by atoms with E-state index in [0.29, 0.717) is 0 Å². The van der Waals surface area contributed by atoms with Crippen molar-refractivity contribution in [3.8, 4) is 0 Å². The van der Waals surface area contributed by atoms with Crippen molar-refractivity contribution in [2.45, 2.75) is 45.5 Å². The van der Waals surface area contributed by atoms with Crippen LogP contribution in [0, 0.1) is 0 Å². The summed E-state index contributed by atoms with van der Waals surface area (Å²) in [5, 5.41) is 11.6. The molecule has 0 spiro atoms. The van der Waals surface area contributed by atoms with Gasteiger partial charge in [-0.3, -0.25) is 9.59 Å². The number of carbonyl (C=O) groups excluding carboxylic acids is 3. The molecule has 2 amide bonds. The number of hydrogen-bond acceptors (Lipinski definition) is 6. The zero-order valence-electron chi connectivity index (χ0n) is 18.6. The summed E-state index contributed by atoms with van der Waals surface area (Å²) in [4.78, 5) is 50.6. The van der Waals surface area contributed by atoms with E-state index in [1.165, 1.54) is 11.8 Å². The van der Waals surface area contributed by atoms with E-state index in [1.54, 1.807) is 55.5 Å². The highest BCUT2D eigenvalue weighted by Gasteiger charge is 2.34. The van der Waals surface area contributed by atoms with E-state index in [-0.39, 0.29) is 19.8 Å². The van der Waals surface area contributed by atoms with Crippen LogP contribution in [0.1, 0.15) is 31.4 Å². The van der Waals surface area contributed by atoms with E-state index < -0.39 is 42.4 Å². The topological polar surface area (TPSA) is 122 Å². The zero-order chi connectivity index (χ0) is 24.2. The second-order valence-electron chi connectivity index (χ2n) is 7.24. The molecule has 0 unspecified atom stereocenters. The zero-order valence-corrected chi connectivity index (χ0v) is 18.6. The maximum Gasteiger partial charge on any atom is 0.408 e. The fraction of sp³-hybridized carbons (Fsp3) is 0.333. The summed E-state index contributed by atoms with van der Waals surface area (Å²) < 4.78 is 10.2. The maximum absolute atomic E-state index is 13.3. The number of hydrogen-bond donors (Lipinski definition) is 2. The maximum atomic E-state index is 13.3. The molecule has 0 bridgehead atoms. The fourth-order valence-electron chi connectivity index (χ4n) is 3.06. The second kappa shape index (κ2) is 12.8. The number of carbonyl (C=O) groups is 4. The van der Waals surface area contributed by atoms with Crippen molar-refractivity contribution in [2.24, 2.45) is 0 Å².